The zero-order chi connectivity index (χ0) is 14.2. The van der Waals surface area contributed by atoms with Gasteiger partial charge in [0, 0.05) is 17.8 Å². The lowest BCUT2D eigenvalue weighted by molar-refractivity contribution is 0.220. The van der Waals surface area contributed by atoms with Crippen LogP contribution < -0.4 is 0 Å². The molecule has 0 amide bonds. The summed E-state index contributed by atoms with van der Waals surface area (Å²) in [6, 6.07) is 5.71. The lowest BCUT2D eigenvalue weighted by Gasteiger charge is -2.03. The van der Waals surface area contributed by atoms with Crippen LogP contribution in [0.1, 0.15) is 17.6 Å². The van der Waals surface area contributed by atoms with E-state index in [1.165, 1.54) is 0 Å². The van der Waals surface area contributed by atoms with E-state index in [2.05, 4.69) is 21.5 Å². The average Bonchev–Trinajstić information content (AvgIpc) is 3.00. The monoisotopic (exact) mass is 285 g/mol. The Bertz CT molecular complexity index is 603. The molecular formula is C15H15N3OS. The van der Waals surface area contributed by atoms with E-state index in [9.17, 15) is 0 Å². The second kappa shape index (κ2) is 7.35. The van der Waals surface area contributed by atoms with Crippen LogP contribution in [0, 0.1) is 0 Å². The number of allylic oxidation sites excluding steroid dienone is 2. The van der Waals surface area contributed by atoms with Crippen molar-refractivity contribution in [2.75, 3.05) is 0 Å². The molecule has 0 N–H and O–H groups in total. The lowest BCUT2D eigenvalue weighted by atomic mass is 10.3. The van der Waals surface area contributed by atoms with Crippen molar-refractivity contribution in [1.82, 2.24) is 9.97 Å². The zero-order valence-electron chi connectivity index (χ0n) is 11.2. The third-order valence-corrected chi connectivity index (χ3v) is 3.17. The van der Waals surface area contributed by atoms with Crippen LogP contribution in [0.15, 0.2) is 59.4 Å². The molecule has 102 valence electrons. The van der Waals surface area contributed by atoms with Crippen LogP contribution in [-0.2, 0) is 11.3 Å². The molecule has 2 rings (SSSR count). The second-order valence-corrected chi connectivity index (χ2v) is 4.81. The summed E-state index contributed by atoms with van der Waals surface area (Å²) in [6.07, 6.45) is 6.98. The fourth-order valence-corrected chi connectivity index (χ4v) is 1.99. The van der Waals surface area contributed by atoms with Crippen molar-refractivity contribution in [3.63, 3.8) is 0 Å². The Hall–Kier alpha value is -2.27. The Morgan fingerprint density at radius 1 is 1.40 bits per heavy atom. The molecule has 0 aliphatic rings. The van der Waals surface area contributed by atoms with Gasteiger partial charge in [0.2, 0.25) is 0 Å². The van der Waals surface area contributed by atoms with Crippen molar-refractivity contribution in [2.45, 2.75) is 13.5 Å². The Kier molecular flexibility index (Phi) is 5.20. The molecule has 0 fully saturated rings. The van der Waals surface area contributed by atoms with Gasteiger partial charge in [-0.05, 0) is 19.1 Å². The molecule has 2 heterocycles. The molecule has 0 aliphatic carbocycles. The molecule has 20 heavy (non-hydrogen) atoms. The molecule has 2 aromatic rings. The molecule has 0 atom stereocenters. The summed E-state index contributed by atoms with van der Waals surface area (Å²) in [7, 11) is 0. The highest BCUT2D eigenvalue weighted by Gasteiger charge is 2.00. The van der Waals surface area contributed by atoms with Crippen LogP contribution in [0.5, 0.6) is 0 Å². The number of pyridine rings is 1. The standard InChI is InChI=1S/C15H15N3OS/c1-3-13(14-6-4-5-7-16-14)18-10-12(2)19-11-15-17-8-9-20-15/h3-10H,2,11H2,1H3/b13-3-,18-10?. The van der Waals surface area contributed by atoms with Gasteiger partial charge in [0.25, 0.3) is 0 Å². The van der Waals surface area contributed by atoms with Crippen molar-refractivity contribution >= 4 is 23.2 Å². The van der Waals surface area contributed by atoms with Crippen LogP contribution in [-0.4, -0.2) is 16.2 Å². The van der Waals surface area contributed by atoms with Gasteiger partial charge in [-0.1, -0.05) is 18.7 Å². The van der Waals surface area contributed by atoms with E-state index in [4.69, 9.17) is 4.74 Å². The molecule has 2 aromatic heterocycles. The Morgan fingerprint density at radius 2 is 2.30 bits per heavy atom. The summed E-state index contributed by atoms with van der Waals surface area (Å²) in [6.45, 7) is 6.14. The molecule has 5 heteroatoms. The van der Waals surface area contributed by atoms with E-state index >= 15 is 0 Å². The molecular weight excluding hydrogens is 270 g/mol. The highest BCUT2D eigenvalue weighted by molar-refractivity contribution is 7.09. The lowest BCUT2D eigenvalue weighted by Crippen LogP contribution is -1.94. The first-order valence-corrected chi connectivity index (χ1v) is 6.99. The summed E-state index contributed by atoms with van der Waals surface area (Å²) in [5, 5.41) is 2.82. The maximum atomic E-state index is 5.47. The number of nitrogens with zero attached hydrogens (tertiary/aromatic N) is 3. The third kappa shape index (κ3) is 4.13. The van der Waals surface area contributed by atoms with Gasteiger partial charge in [-0.3, -0.25) is 9.98 Å². The molecule has 0 radical (unpaired) electrons. The fourth-order valence-electron chi connectivity index (χ4n) is 1.46. The Morgan fingerprint density at radius 3 is 2.95 bits per heavy atom. The summed E-state index contributed by atoms with van der Waals surface area (Å²) in [5.41, 5.74) is 1.60. The predicted molar refractivity (Wildman–Crippen MR) is 82.4 cm³/mol. The molecule has 0 bridgehead atoms. The van der Waals surface area contributed by atoms with Crippen molar-refractivity contribution in [1.29, 1.82) is 0 Å². The fraction of sp³-hybridized carbons (Fsp3) is 0.133. The SMILES string of the molecule is C=C(C=N/C(=C\C)c1ccccn1)OCc1nccs1. The largest absolute Gasteiger partial charge is 0.485 e. The molecule has 0 saturated heterocycles. The number of hydrogen-bond donors (Lipinski definition) is 0. The Balaban J connectivity index is 1.92. The van der Waals surface area contributed by atoms with E-state index in [1.54, 1.807) is 29.9 Å². The van der Waals surface area contributed by atoms with E-state index in [1.807, 2.05) is 36.6 Å². The topological polar surface area (TPSA) is 47.4 Å². The van der Waals surface area contributed by atoms with E-state index in [0.29, 0.717) is 12.4 Å². The van der Waals surface area contributed by atoms with Crippen molar-refractivity contribution < 1.29 is 4.74 Å². The van der Waals surface area contributed by atoms with E-state index < -0.39 is 0 Å². The highest BCUT2D eigenvalue weighted by atomic mass is 32.1. The van der Waals surface area contributed by atoms with Crippen molar-refractivity contribution in [2.24, 2.45) is 4.99 Å². The molecule has 0 saturated carbocycles. The second-order valence-electron chi connectivity index (χ2n) is 3.83. The maximum Gasteiger partial charge on any atom is 0.140 e. The van der Waals surface area contributed by atoms with Crippen LogP contribution in [0.3, 0.4) is 0 Å². The first-order chi connectivity index (χ1) is 9.79. The van der Waals surface area contributed by atoms with Gasteiger partial charge in [0.05, 0.1) is 17.6 Å². The van der Waals surface area contributed by atoms with Gasteiger partial charge in [-0.25, -0.2) is 4.98 Å². The van der Waals surface area contributed by atoms with Crippen LogP contribution in [0.2, 0.25) is 0 Å². The normalized spacial score (nSPS) is 11.8. The molecule has 0 unspecified atom stereocenters. The Labute approximate surface area is 122 Å². The highest BCUT2D eigenvalue weighted by Crippen LogP contribution is 2.13. The molecule has 4 nitrogen and oxygen atoms in total. The van der Waals surface area contributed by atoms with Gasteiger partial charge in [0.15, 0.2) is 0 Å². The van der Waals surface area contributed by atoms with Gasteiger partial charge in [0.1, 0.15) is 17.4 Å². The third-order valence-electron chi connectivity index (χ3n) is 2.41. The smallest absolute Gasteiger partial charge is 0.140 e. The number of thiazole rings is 1. The quantitative estimate of drug-likeness (QED) is 0.600. The van der Waals surface area contributed by atoms with Gasteiger partial charge in [-0.15, -0.1) is 11.3 Å². The minimum Gasteiger partial charge on any atom is -0.485 e. The maximum absolute atomic E-state index is 5.47. The molecule has 0 aromatic carbocycles. The van der Waals surface area contributed by atoms with E-state index in [-0.39, 0.29) is 0 Å². The minimum absolute atomic E-state index is 0.414. The summed E-state index contributed by atoms with van der Waals surface area (Å²) in [4.78, 5) is 12.7. The number of aromatic nitrogens is 2. The van der Waals surface area contributed by atoms with Crippen LogP contribution >= 0.6 is 11.3 Å². The number of aliphatic imine (C=N–C) groups is 1. The van der Waals surface area contributed by atoms with E-state index in [0.717, 1.165) is 16.4 Å². The van der Waals surface area contributed by atoms with Gasteiger partial charge in [-0.2, -0.15) is 0 Å². The summed E-state index contributed by atoms with van der Waals surface area (Å²) >= 11 is 1.55. The number of rotatable bonds is 6. The molecule has 0 spiro atoms. The van der Waals surface area contributed by atoms with Gasteiger partial charge < -0.3 is 4.74 Å². The van der Waals surface area contributed by atoms with Crippen molar-refractivity contribution in [3.8, 4) is 0 Å². The first-order valence-electron chi connectivity index (χ1n) is 6.11. The minimum atomic E-state index is 0.414. The summed E-state index contributed by atoms with van der Waals surface area (Å²) < 4.78 is 5.47. The number of ether oxygens (including phenoxy) is 1. The number of hydrogen-bond acceptors (Lipinski definition) is 5. The first kappa shape index (κ1) is 14.1. The van der Waals surface area contributed by atoms with Crippen molar-refractivity contribution in [3.05, 3.63) is 65.1 Å². The van der Waals surface area contributed by atoms with Crippen LogP contribution in [0.4, 0.5) is 0 Å². The molecule has 0 aliphatic heterocycles. The predicted octanol–water partition coefficient (Wildman–Crippen LogP) is 3.70. The van der Waals surface area contributed by atoms with Gasteiger partial charge >= 0.3 is 0 Å². The summed E-state index contributed by atoms with van der Waals surface area (Å²) in [5.74, 6) is 0.496. The zero-order valence-corrected chi connectivity index (χ0v) is 12.0. The average molecular weight is 285 g/mol. The van der Waals surface area contributed by atoms with Crippen LogP contribution in [0.25, 0.3) is 5.70 Å².